The van der Waals surface area contributed by atoms with Crippen LogP contribution in [0.4, 0.5) is 0 Å². The van der Waals surface area contributed by atoms with Crippen LogP contribution in [0.5, 0.6) is 0 Å². The number of rotatable bonds is 7. The first-order valence-electron chi connectivity index (χ1n) is 8.29. The Balaban J connectivity index is 2.22. The molecule has 0 aliphatic carbocycles. The van der Waals surface area contributed by atoms with E-state index in [0.717, 1.165) is 6.29 Å². The topological polar surface area (TPSA) is 43.1 Å². The highest BCUT2D eigenvalue weighted by atomic mass is 32.2. The Hall–Kier alpha value is -2.36. The summed E-state index contributed by atoms with van der Waals surface area (Å²) in [5.41, 5.74) is 9.45. The lowest BCUT2D eigenvalue weighted by Gasteiger charge is -2.36. The summed E-state index contributed by atoms with van der Waals surface area (Å²) >= 11 is 1.70. The van der Waals surface area contributed by atoms with Crippen LogP contribution in [-0.2, 0) is 9.54 Å². The fraction of sp³-hybridized carbons (Fsp3) is 0.136. The van der Waals surface area contributed by atoms with Gasteiger partial charge in [0.1, 0.15) is 6.29 Å². The molecule has 3 aromatic rings. The van der Waals surface area contributed by atoms with Crippen LogP contribution in [0.25, 0.3) is 0 Å². The molecule has 2 nitrogen and oxygen atoms in total. The smallest absolute Gasteiger partial charge is 0.137 e. The Morgan fingerprint density at radius 1 is 0.760 bits per heavy atom. The molecule has 0 aliphatic heterocycles. The van der Waals surface area contributed by atoms with Crippen molar-refractivity contribution in [1.82, 2.24) is 0 Å². The maximum absolute atomic E-state index is 11.1. The van der Waals surface area contributed by atoms with Crippen LogP contribution in [-0.4, -0.2) is 18.1 Å². The van der Waals surface area contributed by atoms with Gasteiger partial charge in [-0.15, -0.1) is 11.8 Å². The van der Waals surface area contributed by atoms with E-state index in [-0.39, 0.29) is 0 Å². The Morgan fingerprint density at radius 2 is 1.12 bits per heavy atom. The molecule has 0 amide bonds. The van der Waals surface area contributed by atoms with E-state index in [1.807, 2.05) is 18.2 Å². The van der Waals surface area contributed by atoms with Crippen molar-refractivity contribution in [3.05, 3.63) is 108 Å². The van der Waals surface area contributed by atoms with Gasteiger partial charge in [-0.25, -0.2) is 0 Å². The predicted molar refractivity (Wildman–Crippen MR) is 106 cm³/mol. The molecule has 0 heterocycles. The second kappa shape index (κ2) is 8.15. The summed E-state index contributed by atoms with van der Waals surface area (Å²) in [5, 5.41) is 0. The van der Waals surface area contributed by atoms with Gasteiger partial charge in [-0.05, 0) is 16.7 Å². The van der Waals surface area contributed by atoms with Gasteiger partial charge in [0.2, 0.25) is 0 Å². The van der Waals surface area contributed by atoms with Crippen LogP contribution in [0, 0.1) is 0 Å². The van der Waals surface area contributed by atoms with Gasteiger partial charge in [0.15, 0.2) is 0 Å². The molecule has 3 rings (SSSR count). The normalized spacial score (nSPS) is 12.5. The molecule has 0 aromatic heterocycles. The van der Waals surface area contributed by atoms with E-state index < -0.39 is 10.8 Å². The molecule has 0 saturated heterocycles. The minimum atomic E-state index is -0.486. The van der Waals surface area contributed by atoms with E-state index in [1.165, 1.54) is 16.7 Å². The quantitative estimate of drug-likeness (QED) is 0.513. The third kappa shape index (κ3) is 3.68. The molecule has 0 aliphatic rings. The van der Waals surface area contributed by atoms with E-state index in [9.17, 15) is 4.79 Å². The monoisotopic (exact) mass is 347 g/mol. The van der Waals surface area contributed by atoms with Gasteiger partial charge in [-0.1, -0.05) is 91.0 Å². The molecule has 25 heavy (non-hydrogen) atoms. The fourth-order valence-electron chi connectivity index (χ4n) is 3.03. The van der Waals surface area contributed by atoms with Crippen molar-refractivity contribution in [2.75, 3.05) is 5.75 Å². The first-order chi connectivity index (χ1) is 12.3. The number of hydrogen-bond donors (Lipinski definition) is 1. The summed E-state index contributed by atoms with van der Waals surface area (Å²) < 4.78 is -0.412. The minimum Gasteiger partial charge on any atom is -0.321 e. The average molecular weight is 347 g/mol. The van der Waals surface area contributed by atoms with Gasteiger partial charge in [-0.3, -0.25) is 0 Å². The zero-order chi connectivity index (χ0) is 17.5. The second-order valence-corrected chi connectivity index (χ2v) is 7.12. The lowest BCUT2D eigenvalue weighted by Crippen LogP contribution is -2.31. The van der Waals surface area contributed by atoms with Crippen LogP contribution >= 0.6 is 11.8 Å². The third-order valence-electron chi connectivity index (χ3n) is 4.21. The molecule has 0 spiro atoms. The summed E-state index contributed by atoms with van der Waals surface area (Å²) in [6, 6.07) is 30.7. The van der Waals surface area contributed by atoms with E-state index in [1.54, 1.807) is 11.8 Å². The fourth-order valence-corrected chi connectivity index (χ4v) is 4.46. The van der Waals surface area contributed by atoms with E-state index in [2.05, 4.69) is 72.8 Å². The molecular formula is C22H21NOS. The number of thioether (sulfide) groups is 1. The first-order valence-corrected chi connectivity index (χ1v) is 9.27. The van der Waals surface area contributed by atoms with Gasteiger partial charge in [0.25, 0.3) is 0 Å². The molecular weight excluding hydrogens is 326 g/mol. The SMILES string of the molecule is NC(C=O)CSC(c1ccccc1)(c1ccccc1)c1ccccc1. The van der Waals surface area contributed by atoms with E-state index in [4.69, 9.17) is 5.73 Å². The molecule has 1 atom stereocenters. The number of aldehydes is 1. The van der Waals surface area contributed by atoms with Crippen LogP contribution in [0.1, 0.15) is 16.7 Å². The van der Waals surface area contributed by atoms with Crippen molar-refractivity contribution in [3.8, 4) is 0 Å². The largest absolute Gasteiger partial charge is 0.321 e. The van der Waals surface area contributed by atoms with Crippen molar-refractivity contribution in [3.63, 3.8) is 0 Å². The summed E-state index contributed by atoms with van der Waals surface area (Å²) in [5.74, 6) is 0.544. The molecule has 0 bridgehead atoms. The Bertz CT molecular complexity index is 693. The lowest BCUT2D eigenvalue weighted by molar-refractivity contribution is -0.108. The summed E-state index contributed by atoms with van der Waals surface area (Å²) in [6.07, 6.45) is 0.818. The zero-order valence-corrected chi connectivity index (χ0v) is 14.7. The molecule has 3 aromatic carbocycles. The van der Waals surface area contributed by atoms with Gasteiger partial charge in [-0.2, -0.15) is 0 Å². The van der Waals surface area contributed by atoms with Crippen molar-refractivity contribution in [2.24, 2.45) is 5.73 Å². The molecule has 3 heteroatoms. The number of carbonyl (C=O) groups is 1. The highest BCUT2D eigenvalue weighted by Gasteiger charge is 2.37. The van der Waals surface area contributed by atoms with E-state index in [0.29, 0.717) is 5.75 Å². The first kappa shape index (κ1) is 17.5. The van der Waals surface area contributed by atoms with E-state index >= 15 is 0 Å². The molecule has 2 N–H and O–H groups in total. The second-order valence-electron chi connectivity index (χ2n) is 5.89. The number of nitrogens with two attached hydrogens (primary N) is 1. The lowest BCUT2D eigenvalue weighted by atomic mass is 9.84. The molecule has 0 fully saturated rings. The molecule has 0 saturated carbocycles. The van der Waals surface area contributed by atoms with Gasteiger partial charge >= 0.3 is 0 Å². The Labute approximate surface area is 153 Å². The van der Waals surface area contributed by atoms with Crippen LogP contribution in [0.2, 0.25) is 0 Å². The standard InChI is InChI=1S/C22H21NOS/c23-21(16-24)17-25-22(18-10-4-1-5-11-18,19-12-6-2-7-13-19)20-14-8-3-9-15-20/h1-16,21H,17,23H2. The van der Waals surface area contributed by atoms with Crippen molar-refractivity contribution < 1.29 is 4.79 Å². The Kier molecular flexibility index (Phi) is 5.69. The highest BCUT2D eigenvalue weighted by molar-refractivity contribution is 8.00. The van der Waals surface area contributed by atoms with Crippen LogP contribution in [0.3, 0.4) is 0 Å². The molecule has 0 radical (unpaired) electrons. The molecule has 126 valence electrons. The summed E-state index contributed by atoms with van der Waals surface area (Å²) in [6.45, 7) is 0. The van der Waals surface area contributed by atoms with Crippen molar-refractivity contribution in [2.45, 2.75) is 10.8 Å². The number of carbonyl (C=O) groups excluding carboxylic acids is 1. The average Bonchev–Trinajstić information content (AvgIpc) is 2.71. The van der Waals surface area contributed by atoms with Gasteiger partial charge in [0.05, 0.1) is 10.8 Å². The van der Waals surface area contributed by atoms with Crippen LogP contribution in [0.15, 0.2) is 91.0 Å². The highest BCUT2D eigenvalue weighted by Crippen LogP contribution is 2.48. The number of benzene rings is 3. The summed E-state index contributed by atoms with van der Waals surface area (Å²) in [7, 11) is 0. The van der Waals surface area contributed by atoms with Gasteiger partial charge < -0.3 is 10.5 Å². The summed E-state index contributed by atoms with van der Waals surface area (Å²) in [4.78, 5) is 11.1. The predicted octanol–water partition coefficient (Wildman–Crippen LogP) is 4.24. The Morgan fingerprint density at radius 3 is 1.44 bits per heavy atom. The number of hydrogen-bond acceptors (Lipinski definition) is 3. The van der Waals surface area contributed by atoms with Gasteiger partial charge in [0, 0.05) is 5.75 Å². The maximum Gasteiger partial charge on any atom is 0.137 e. The maximum atomic E-state index is 11.1. The van der Waals surface area contributed by atoms with Crippen LogP contribution < -0.4 is 5.73 Å². The molecule has 1 unspecified atom stereocenters. The van der Waals surface area contributed by atoms with Crippen molar-refractivity contribution >= 4 is 18.0 Å². The zero-order valence-electron chi connectivity index (χ0n) is 13.9. The minimum absolute atomic E-state index is 0.412. The third-order valence-corrected chi connectivity index (χ3v) is 5.90. The van der Waals surface area contributed by atoms with Crippen molar-refractivity contribution in [1.29, 1.82) is 0 Å².